The lowest BCUT2D eigenvalue weighted by atomic mass is 10.0. The standard InChI is InChI=1S/C28H37N5O2/c1-5-29-28(34)32(17-21(2)3)20-24-23-19-31(18-22-11-7-6-8-12-22)16-15-25(23)33(30-24)26-13-9-10-14-27(26)35-4/h6-14,21H,5,15-20H2,1-4H3,(H,29,34). The highest BCUT2D eigenvalue weighted by atomic mass is 16.5. The summed E-state index contributed by atoms with van der Waals surface area (Å²) in [5.41, 5.74) is 5.61. The van der Waals surface area contributed by atoms with Gasteiger partial charge in [-0.3, -0.25) is 4.90 Å². The van der Waals surface area contributed by atoms with E-state index in [4.69, 9.17) is 9.84 Å². The van der Waals surface area contributed by atoms with Gasteiger partial charge in [0.15, 0.2) is 0 Å². The Balaban J connectivity index is 1.71. The fraction of sp³-hybridized carbons (Fsp3) is 0.429. The monoisotopic (exact) mass is 475 g/mol. The molecule has 2 heterocycles. The van der Waals surface area contributed by atoms with Crippen LogP contribution in [0.3, 0.4) is 0 Å². The summed E-state index contributed by atoms with van der Waals surface area (Å²) in [6.07, 6.45) is 0.887. The number of para-hydroxylation sites is 2. The van der Waals surface area contributed by atoms with Crippen molar-refractivity contribution in [1.29, 1.82) is 0 Å². The Kier molecular flexibility index (Phi) is 8.08. The molecule has 3 aromatic rings. The third-order valence-electron chi connectivity index (χ3n) is 6.32. The predicted octanol–water partition coefficient (Wildman–Crippen LogP) is 4.63. The Labute approximate surface area is 208 Å². The summed E-state index contributed by atoms with van der Waals surface area (Å²) in [5.74, 6) is 1.15. The second kappa shape index (κ2) is 11.4. The zero-order valence-electron chi connectivity index (χ0n) is 21.3. The molecule has 0 radical (unpaired) electrons. The second-order valence-electron chi connectivity index (χ2n) is 9.51. The van der Waals surface area contributed by atoms with Gasteiger partial charge in [0.05, 0.1) is 25.0 Å². The van der Waals surface area contributed by atoms with E-state index in [9.17, 15) is 4.79 Å². The van der Waals surface area contributed by atoms with Gasteiger partial charge in [-0.25, -0.2) is 9.48 Å². The highest BCUT2D eigenvalue weighted by molar-refractivity contribution is 5.74. The van der Waals surface area contributed by atoms with Gasteiger partial charge in [0.2, 0.25) is 0 Å². The summed E-state index contributed by atoms with van der Waals surface area (Å²) in [6.45, 7) is 10.6. The molecule has 1 aromatic heterocycles. The maximum atomic E-state index is 12.9. The Morgan fingerprint density at radius 1 is 1.14 bits per heavy atom. The number of benzene rings is 2. The number of rotatable bonds is 9. The van der Waals surface area contributed by atoms with Gasteiger partial charge in [-0.2, -0.15) is 5.10 Å². The Hall–Kier alpha value is -3.32. The van der Waals surface area contributed by atoms with Crippen LogP contribution in [0.25, 0.3) is 5.69 Å². The van der Waals surface area contributed by atoms with Crippen molar-refractivity contribution in [2.24, 2.45) is 5.92 Å². The van der Waals surface area contributed by atoms with Crippen molar-refractivity contribution in [3.05, 3.63) is 77.1 Å². The lowest BCUT2D eigenvalue weighted by Crippen LogP contribution is -2.41. The molecule has 7 nitrogen and oxygen atoms in total. The van der Waals surface area contributed by atoms with Gasteiger partial charge in [-0.15, -0.1) is 0 Å². The van der Waals surface area contributed by atoms with E-state index in [0.717, 1.165) is 43.2 Å². The van der Waals surface area contributed by atoms with Crippen LogP contribution in [0.15, 0.2) is 54.6 Å². The van der Waals surface area contributed by atoms with Gasteiger partial charge >= 0.3 is 6.03 Å². The lowest BCUT2D eigenvalue weighted by Gasteiger charge is -2.29. The molecule has 35 heavy (non-hydrogen) atoms. The van der Waals surface area contributed by atoms with Crippen LogP contribution in [-0.4, -0.2) is 52.4 Å². The maximum absolute atomic E-state index is 12.9. The van der Waals surface area contributed by atoms with Crippen LogP contribution >= 0.6 is 0 Å². The molecule has 1 aliphatic heterocycles. The minimum atomic E-state index is -0.0428. The minimum absolute atomic E-state index is 0.0428. The zero-order chi connectivity index (χ0) is 24.8. The molecule has 0 aliphatic carbocycles. The molecule has 186 valence electrons. The summed E-state index contributed by atoms with van der Waals surface area (Å²) in [7, 11) is 1.69. The Morgan fingerprint density at radius 2 is 1.89 bits per heavy atom. The number of hydrogen-bond acceptors (Lipinski definition) is 4. The van der Waals surface area contributed by atoms with Crippen molar-refractivity contribution >= 4 is 6.03 Å². The van der Waals surface area contributed by atoms with Gasteiger partial charge in [0, 0.05) is 44.7 Å². The summed E-state index contributed by atoms with van der Waals surface area (Å²) < 4.78 is 7.69. The fourth-order valence-corrected chi connectivity index (χ4v) is 4.75. The van der Waals surface area contributed by atoms with Crippen molar-refractivity contribution in [3.8, 4) is 11.4 Å². The van der Waals surface area contributed by atoms with Crippen LogP contribution in [0.2, 0.25) is 0 Å². The van der Waals surface area contributed by atoms with Gasteiger partial charge in [-0.05, 0) is 30.5 Å². The molecule has 1 aliphatic rings. The van der Waals surface area contributed by atoms with E-state index in [1.54, 1.807) is 7.11 Å². The van der Waals surface area contributed by atoms with Crippen LogP contribution in [0, 0.1) is 5.92 Å². The molecule has 0 spiro atoms. The Morgan fingerprint density at radius 3 is 2.60 bits per heavy atom. The van der Waals surface area contributed by atoms with Crippen LogP contribution in [-0.2, 0) is 26.1 Å². The largest absolute Gasteiger partial charge is 0.494 e. The number of ether oxygens (including phenoxy) is 1. The van der Waals surface area contributed by atoms with Crippen LogP contribution < -0.4 is 10.1 Å². The third kappa shape index (κ3) is 5.85. The summed E-state index contributed by atoms with van der Waals surface area (Å²) in [6, 6.07) is 18.5. The van der Waals surface area contributed by atoms with E-state index in [1.807, 2.05) is 40.8 Å². The van der Waals surface area contributed by atoms with E-state index < -0.39 is 0 Å². The number of carbonyl (C=O) groups excluding carboxylic acids is 1. The van der Waals surface area contributed by atoms with E-state index >= 15 is 0 Å². The summed E-state index contributed by atoms with van der Waals surface area (Å²) in [5, 5.41) is 8.06. The first-order chi connectivity index (χ1) is 17.0. The average Bonchev–Trinajstić information content (AvgIpc) is 3.21. The number of urea groups is 1. The highest BCUT2D eigenvalue weighted by Gasteiger charge is 2.28. The third-order valence-corrected chi connectivity index (χ3v) is 6.32. The van der Waals surface area contributed by atoms with E-state index in [1.165, 1.54) is 16.8 Å². The molecule has 0 bridgehead atoms. The van der Waals surface area contributed by atoms with Crippen LogP contribution in [0.1, 0.15) is 43.3 Å². The molecule has 1 N–H and O–H groups in total. The number of nitrogens with zero attached hydrogens (tertiary/aromatic N) is 4. The van der Waals surface area contributed by atoms with Crippen LogP contribution in [0.5, 0.6) is 5.75 Å². The molecule has 4 rings (SSSR count). The smallest absolute Gasteiger partial charge is 0.317 e. The SMILES string of the molecule is CCNC(=O)N(Cc1nn(-c2ccccc2OC)c2c1CN(Cc1ccccc1)CC2)CC(C)C. The number of hydrogen-bond donors (Lipinski definition) is 1. The normalized spacial score (nSPS) is 13.5. The van der Waals surface area contributed by atoms with Gasteiger partial charge in [-0.1, -0.05) is 56.3 Å². The van der Waals surface area contributed by atoms with E-state index in [-0.39, 0.29) is 6.03 Å². The topological polar surface area (TPSA) is 62.6 Å². The van der Waals surface area contributed by atoms with E-state index in [0.29, 0.717) is 25.6 Å². The zero-order valence-corrected chi connectivity index (χ0v) is 21.3. The number of carbonyl (C=O) groups is 1. The predicted molar refractivity (Wildman–Crippen MR) is 139 cm³/mol. The number of aromatic nitrogens is 2. The molecule has 0 saturated heterocycles. The maximum Gasteiger partial charge on any atom is 0.317 e. The quantitative estimate of drug-likeness (QED) is 0.490. The van der Waals surface area contributed by atoms with Gasteiger partial charge < -0.3 is 15.0 Å². The molecule has 0 fully saturated rings. The van der Waals surface area contributed by atoms with Crippen molar-refractivity contribution in [2.75, 3.05) is 26.7 Å². The average molecular weight is 476 g/mol. The molecule has 2 aromatic carbocycles. The van der Waals surface area contributed by atoms with Crippen molar-refractivity contribution in [2.45, 2.75) is 46.8 Å². The first-order valence-electron chi connectivity index (χ1n) is 12.5. The highest BCUT2D eigenvalue weighted by Crippen LogP contribution is 2.30. The number of amides is 2. The van der Waals surface area contributed by atoms with Gasteiger partial charge in [0.25, 0.3) is 0 Å². The Bertz CT molecular complexity index is 1130. The first-order valence-corrected chi connectivity index (χ1v) is 12.5. The summed E-state index contributed by atoms with van der Waals surface area (Å²) >= 11 is 0. The minimum Gasteiger partial charge on any atom is -0.494 e. The lowest BCUT2D eigenvalue weighted by molar-refractivity contribution is 0.186. The second-order valence-corrected chi connectivity index (χ2v) is 9.51. The van der Waals surface area contributed by atoms with Gasteiger partial charge in [0.1, 0.15) is 11.4 Å². The van der Waals surface area contributed by atoms with Crippen molar-refractivity contribution < 1.29 is 9.53 Å². The number of fused-ring (bicyclic) bond motifs is 1. The van der Waals surface area contributed by atoms with Crippen LogP contribution in [0.4, 0.5) is 4.79 Å². The summed E-state index contributed by atoms with van der Waals surface area (Å²) in [4.78, 5) is 17.2. The molecule has 0 saturated carbocycles. The van der Waals surface area contributed by atoms with Crippen molar-refractivity contribution in [1.82, 2.24) is 24.9 Å². The van der Waals surface area contributed by atoms with Crippen molar-refractivity contribution in [3.63, 3.8) is 0 Å². The van der Waals surface area contributed by atoms with E-state index in [2.05, 4.69) is 54.4 Å². The number of nitrogens with one attached hydrogen (secondary N) is 1. The number of methoxy groups -OCH3 is 1. The molecule has 7 heteroatoms. The molecule has 0 unspecified atom stereocenters. The molecular formula is C28H37N5O2. The molecular weight excluding hydrogens is 438 g/mol. The molecule has 0 atom stereocenters. The first kappa shape index (κ1) is 24.8. The fourth-order valence-electron chi connectivity index (χ4n) is 4.75. The molecule has 2 amide bonds.